The Morgan fingerprint density at radius 1 is 1.53 bits per heavy atom. The van der Waals surface area contributed by atoms with E-state index in [2.05, 4.69) is 0 Å². The third-order valence-electron chi connectivity index (χ3n) is 1.66. The van der Waals surface area contributed by atoms with E-state index in [1.165, 1.54) is 0 Å². The lowest BCUT2D eigenvalue weighted by atomic mass is 10.2. The summed E-state index contributed by atoms with van der Waals surface area (Å²) in [4.78, 5) is 22.8. The van der Waals surface area contributed by atoms with Gasteiger partial charge in [0, 0.05) is 5.56 Å². The van der Waals surface area contributed by atoms with Gasteiger partial charge in [-0.05, 0) is 6.07 Å². The Morgan fingerprint density at radius 3 is 2.60 bits per heavy atom. The number of H-pyrrole nitrogens is 1. The summed E-state index contributed by atoms with van der Waals surface area (Å²) in [5.74, 6) is -2.66. The lowest BCUT2D eigenvalue weighted by molar-refractivity contribution is -0.136. The Kier molecular flexibility index (Phi) is 3.13. The predicted octanol–water partition coefficient (Wildman–Crippen LogP) is 1.08. The minimum absolute atomic E-state index is 0.399. The van der Waals surface area contributed by atoms with Gasteiger partial charge in [-0.1, -0.05) is 0 Å². The Labute approximate surface area is 81.4 Å². The first-order chi connectivity index (χ1) is 6.91. The second kappa shape index (κ2) is 4.16. The van der Waals surface area contributed by atoms with Crippen LogP contribution < -0.4 is 5.56 Å². The summed E-state index contributed by atoms with van der Waals surface area (Å²) in [6.45, 7) is 0. The molecule has 0 saturated heterocycles. The fourth-order valence-corrected chi connectivity index (χ4v) is 1.01. The summed E-state index contributed by atoms with van der Waals surface area (Å²) >= 11 is 0. The van der Waals surface area contributed by atoms with Crippen LogP contribution in [0.3, 0.4) is 0 Å². The Balaban J connectivity index is 3.20. The zero-order chi connectivity index (χ0) is 11.6. The molecule has 1 aromatic heterocycles. The van der Waals surface area contributed by atoms with Crippen molar-refractivity contribution in [3.05, 3.63) is 33.5 Å². The van der Waals surface area contributed by atoms with Crippen LogP contribution in [0.5, 0.6) is 0 Å². The molecule has 0 atom stereocenters. The van der Waals surface area contributed by atoms with Crippen molar-refractivity contribution in [3.63, 3.8) is 0 Å². The quantitative estimate of drug-likeness (QED) is 0.802. The van der Waals surface area contributed by atoms with Crippen LogP contribution in [0, 0.1) is 5.82 Å². The molecule has 4 nitrogen and oxygen atoms in total. The number of aromatic amines is 1. The third kappa shape index (κ3) is 2.58. The van der Waals surface area contributed by atoms with Gasteiger partial charge < -0.3 is 10.1 Å². The predicted molar refractivity (Wildman–Crippen MR) is 43.3 cm³/mol. The maximum Gasteiger partial charge on any atom is 0.308 e. The van der Waals surface area contributed by atoms with E-state index in [0.717, 1.165) is 0 Å². The molecule has 0 bridgehead atoms. The van der Waals surface area contributed by atoms with Crippen molar-refractivity contribution in [2.75, 3.05) is 0 Å². The van der Waals surface area contributed by atoms with E-state index >= 15 is 0 Å². The van der Waals surface area contributed by atoms with Crippen LogP contribution in [-0.2, 0) is 11.2 Å². The van der Waals surface area contributed by atoms with E-state index in [-0.39, 0.29) is 0 Å². The number of pyridine rings is 1. The minimum atomic E-state index is -3.14. The highest BCUT2D eigenvalue weighted by molar-refractivity contribution is 5.69. The van der Waals surface area contributed by atoms with Crippen molar-refractivity contribution < 1.29 is 23.1 Å². The summed E-state index contributed by atoms with van der Waals surface area (Å²) in [6, 6.07) is 0.508. The Morgan fingerprint density at radius 2 is 2.13 bits per heavy atom. The van der Waals surface area contributed by atoms with Crippen molar-refractivity contribution in [2.45, 2.75) is 12.8 Å². The Hall–Kier alpha value is -1.79. The number of aromatic nitrogens is 1. The van der Waals surface area contributed by atoms with Gasteiger partial charge in [0.1, 0.15) is 11.5 Å². The van der Waals surface area contributed by atoms with E-state index in [1.54, 1.807) is 4.98 Å². The SMILES string of the molecule is O=C(O)Cc1cc(F)c(C(F)F)[nH]c1=O. The highest BCUT2D eigenvalue weighted by Crippen LogP contribution is 2.18. The average molecular weight is 221 g/mol. The number of hydrogen-bond donors (Lipinski definition) is 2. The number of hydrogen-bond acceptors (Lipinski definition) is 2. The molecule has 7 heteroatoms. The molecule has 0 aromatic carbocycles. The molecule has 0 unspecified atom stereocenters. The maximum atomic E-state index is 12.9. The molecular weight excluding hydrogens is 215 g/mol. The summed E-state index contributed by atoms with van der Waals surface area (Å²) in [5, 5.41) is 8.34. The molecule has 0 saturated carbocycles. The van der Waals surface area contributed by atoms with Gasteiger partial charge >= 0.3 is 5.97 Å². The molecule has 15 heavy (non-hydrogen) atoms. The number of carboxylic acids is 1. The van der Waals surface area contributed by atoms with Crippen LogP contribution in [0.25, 0.3) is 0 Å². The molecule has 0 spiro atoms. The molecule has 0 amide bonds. The molecule has 1 rings (SSSR count). The monoisotopic (exact) mass is 221 g/mol. The van der Waals surface area contributed by atoms with Crippen LogP contribution in [-0.4, -0.2) is 16.1 Å². The molecule has 1 aromatic rings. The molecule has 2 N–H and O–H groups in total. The number of aliphatic carboxylic acids is 1. The zero-order valence-corrected chi connectivity index (χ0v) is 7.26. The average Bonchev–Trinajstić information content (AvgIpc) is 2.09. The first-order valence-electron chi connectivity index (χ1n) is 3.83. The number of rotatable bonds is 3. The number of alkyl halides is 2. The van der Waals surface area contributed by atoms with Crippen molar-refractivity contribution in [3.8, 4) is 0 Å². The summed E-state index contributed by atoms with van der Waals surface area (Å²) < 4.78 is 37.0. The van der Waals surface area contributed by atoms with E-state index in [9.17, 15) is 22.8 Å². The number of carboxylic acid groups (broad SMARTS) is 1. The molecule has 0 radical (unpaired) electrons. The molecule has 0 aliphatic carbocycles. The summed E-state index contributed by atoms with van der Waals surface area (Å²) in [6.07, 6.45) is -3.85. The van der Waals surface area contributed by atoms with E-state index in [0.29, 0.717) is 6.07 Å². The van der Waals surface area contributed by atoms with Crippen LogP contribution in [0.1, 0.15) is 17.7 Å². The van der Waals surface area contributed by atoms with Crippen molar-refractivity contribution in [1.82, 2.24) is 4.98 Å². The van der Waals surface area contributed by atoms with Crippen molar-refractivity contribution in [2.24, 2.45) is 0 Å². The lowest BCUT2D eigenvalue weighted by Crippen LogP contribution is -2.19. The van der Waals surface area contributed by atoms with E-state index in [1.807, 2.05) is 0 Å². The normalized spacial score (nSPS) is 10.7. The topological polar surface area (TPSA) is 70.2 Å². The number of nitrogens with one attached hydrogen (secondary N) is 1. The molecular formula is C8H6F3NO3. The Bertz CT molecular complexity index is 441. The number of halogens is 3. The van der Waals surface area contributed by atoms with Gasteiger partial charge in [0.25, 0.3) is 12.0 Å². The van der Waals surface area contributed by atoms with Gasteiger partial charge in [0.2, 0.25) is 0 Å². The second-order valence-corrected chi connectivity index (χ2v) is 2.76. The highest BCUT2D eigenvalue weighted by Gasteiger charge is 2.17. The first kappa shape index (κ1) is 11.3. The van der Waals surface area contributed by atoms with Crippen LogP contribution >= 0.6 is 0 Å². The highest BCUT2D eigenvalue weighted by atomic mass is 19.3. The van der Waals surface area contributed by atoms with Gasteiger partial charge in [-0.25, -0.2) is 13.2 Å². The zero-order valence-electron chi connectivity index (χ0n) is 7.26. The smallest absolute Gasteiger partial charge is 0.308 e. The molecule has 0 aliphatic heterocycles. The fourth-order valence-electron chi connectivity index (χ4n) is 1.01. The van der Waals surface area contributed by atoms with Crippen LogP contribution in [0.2, 0.25) is 0 Å². The van der Waals surface area contributed by atoms with Gasteiger partial charge in [0.05, 0.1) is 6.42 Å². The van der Waals surface area contributed by atoms with Gasteiger partial charge in [-0.2, -0.15) is 0 Å². The van der Waals surface area contributed by atoms with Crippen molar-refractivity contribution >= 4 is 5.97 Å². The molecule has 1 heterocycles. The minimum Gasteiger partial charge on any atom is -0.481 e. The van der Waals surface area contributed by atoms with Gasteiger partial charge in [-0.3, -0.25) is 9.59 Å². The fraction of sp³-hybridized carbons (Fsp3) is 0.250. The van der Waals surface area contributed by atoms with E-state index in [4.69, 9.17) is 5.11 Å². The maximum absolute atomic E-state index is 12.9. The largest absolute Gasteiger partial charge is 0.481 e. The van der Waals surface area contributed by atoms with Gasteiger partial charge in [-0.15, -0.1) is 0 Å². The molecule has 82 valence electrons. The molecule has 0 fully saturated rings. The first-order valence-corrected chi connectivity index (χ1v) is 3.83. The second-order valence-electron chi connectivity index (χ2n) is 2.76. The standard InChI is InChI=1S/C8H6F3NO3/c9-4-1-3(2-5(13)14)8(15)12-6(4)7(10)11/h1,7H,2H2,(H,12,15)(H,13,14). The summed E-state index contributed by atoms with van der Waals surface area (Å²) in [5.41, 5.74) is -2.55. The lowest BCUT2D eigenvalue weighted by Gasteiger charge is -2.03. The van der Waals surface area contributed by atoms with Crippen LogP contribution in [0.4, 0.5) is 13.2 Å². The number of carbonyl (C=O) groups is 1. The summed E-state index contributed by atoms with van der Waals surface area (Å²) in [7, 11) is 0. The van der Waals surface area contributed by atoms with Crippen LogP contribution in [0.15, 0.2) is 10.9 Å². The van der Waals surface area contributed by atoms with Crippen molar-refractivity contribution in [1.29, 1.82) is 0 Å². The van der Waals surface area contributed by atoms with Gasteiger partial charge in [0.15, 0.2) is 0 Å². The third-order valence-corrected chi connectivity index (χ3v) is 1.66. The molecule has 0 aliphatic rings. The van der Waals surface area contributed by atoms with E-state index < -0.39 is 41.4 Å².